The topological polar surface area (TPSA) is 48.7 Å². The number of rotatable bonds is 3. The third kappa shape index (κ3) is 1.43. The Hall–Kier alpha value is -1.97. The Morgan fingerprint density at radius 1 is 1.31 bits per heavy atom. The number of hydrogen-bond acceptors (Lipinski definition) is 4. The smallest absolute Gasteiger partial charge is 0.179 e. The van der Waals surface area contributed by atoms with E-state index in [-0.39, 0.29) is 5.78 Å². The number of carbonyl (C=O) groups excluding carboxylic acids is 1. The van der Waals surface area contributed by atoms with Gasteiger partial charge in [0, 0.05) is 0 Å². The molecule has 16 heavy (non-hydrogen) atoms. The van der Waals surface area contributed by atoms with E-state index in [4.69, 9.17) is 13.9 Å². The summed E-state index contributed by atoms with van der Waals surface area (Å²) in [5.41, 5.74) is 1.08. The van der Waals surface area contributed by atoms with Gasteiger partial charge in [0.1, 0.15) is 5.75 Å². The molecule has 0 N–H and O–H groups in total. The molecule has 2 aromatic rings. The lowest BCUT2D eigenvalue weighted by Gasteiger charge is -2.09. The minimum atomic E-state index is -0.0711. The Balaban J connectivity index is 2.84. The maximum absolute atomic E-state index is 11.5. The highest BCUT2D eigenvalue weighted by atomic mass is 16.5. The Kier molecular flexibility index (Phi) is 2.56. The van der Waals surface area contributed by atoms with Crippen LogP contribution in [0.3, 0.4) is 0 Å². The van der Waals surface area contributed by atoms with Crippen molar-refractivity contribution >= 4 is 16.8 Å². The largest absolute Gasteiger partial charge is 0.495 e. The van der Waals surface area contributed by atoms with E-state index in [0.717, 1.165) is 5.39 Å². The highest BCUT2D eigenvalue weighted by Gasteiger charge is 2.18. The van der Waals surface area contributed by atoms with Crippen molar-refractivity contribution in [3.05, 3.63) is 24.0 Å². The summed E-state index contributed by atoms with van der Waals surface area (Å²) in [5, 5.41) is 0.743. The van der Waals surface area contributed by atoms with Crippen molar-refractivity contribution in [1.82, 2.24) is 0 Å². The van der Waals surface area contributed by atoms with Crippen LogP contribution >= 0.6 is 0 Å². The molecule has 84 valence electrons. The van der Waals surface area contributed by atoms with Crippen LogP contribution in [0, 0.1) is 0 Å². The predicted molar refractivity (Wildman–Crippen MR) is 59.3 cm³/mol. The molecule has 1 heterocycles. The number of Topliss-reactive ketones (excluding diaryl/α,β-unsaturated/α-hetero) is 1. The summed E-state index contributed by atoms with van der Waals surface area (Å²) in [7, 11) is 3.06. The average Bonchev–Trinajstić information content (AvgIpc) is 2.75. The van der Waals surface area contributed by atoms with Gasteiger partial charge in [-0.3, -0.25) is 4.79 Å². The van der Waals surface area contributed by atoms with Crippen molar-refractivity contribution in [3.8, 4) is 11.5 Å². The lowest BCUT2D eigenvalue weighted by molar-refractivity contribution is 0.101. The minimum absolute atomic E-state index is 0.0711. The zero-order valence-corrected chi connectivity index (χ0v) is 9.37. The molecule has 0 aliphatic heterocycles. The van der Waals surface area contributed by atoms with E-state index < -0.39 is 0 Å². The number of fused-ring (bicyclic) bond motifs is 1. The van der Waals surface area contributed by atoms with E-state index in [1.54, 1.807) is 18.4 Å². The monoisotopic (exact) mass is 220 g/mol. The van der Waals surface area contributed by atoms with Crippen LogP contribution in [-0.4, -0.2) is 20.0 Å². The van der Waals surface area contributed by atoms with E-state index in [0.29, 0.717) is 22.6 Å². The number of benzene rings is 1. The van der Waals surface area contributed by atoms with Crippen molar-refractivity contribution in [1.29, 1.82) is 0 Å². The number of furan rings is 1. The first kappa shape index (κ1) is 10.5. The minimum Gasteiger partial charge on any atom is -0.495 e. The Morgan fingerprint density at radius 3 is 2.62 bits per heavy atom. The van der Waals surface area contributed by atoms with Gasteiger partial charge in [-0.05, 0) is 19.1 Å². The third-order valence-corrected chi connectivity index (χ3v) is 2.46. The second-order valence-corrected chi connectivity index (χ2v) is 3.38. The first-order valence-corrected chi connectivity index (χ1v) is 4.82. The molecule has 0 saturated heterocycles. The third-order valence-electron chi connectivity index (χ3n) is 2.46. The van der Waals surface area contributed by atoms with Gasteiger partial charge < -0.3 is 13.9 Å². The van der Waals surface area contributed by atoms with Gasteiger partial charge in [-0.2, -0.15) is 0 Å². The molecule has 1 aromatic heterocycles. The quantitative estimate of drug-likeness (QED) is 0.746. The van der Waals surface area contributed by atoms with Crippen LogP contribution in [0.2, 0.25) is 0 Å². The van der Waals surface area contributed by atoms with Crippen LogP contribution in [0.15, 0.2) is 22.8 Å². The summed E-state index contributed by atoms with van der Waals surface area (Å²) >= 11 is 0. The maximum atomic E-state index is 11.5. The molecule has 0 amide bonds. The Morgan fingerprint density at radius 2 is 2.06 bits per heavy atom. The zero-order valence-electron chi connectivity index (χ0n) is 9.37. The molecule has 4 heteroatoms. The van der Waals surface area contributed by atoms with E-state index in [2.05, 4.69) is 0 Å². The summed E-state index contributed by atoms with van der Waals surface area (Å²) in [6.45, 7) is 1.49. The first-order chi connectivity index (χ1) is 7.69. The summed E-state index contributed by atoms with van der Waals surface area (Å²) in [6.07, 6.45) is 1.54. The predicted octanol–water partition coefficient (Wildman–Crippen LogP) is 2.65. The van der Waals surface area contributed by atoms with Gasteiger partial charge in [0.15, 0.2) is 17.1 Å². The molecule has 0 spiro atoms. The normalized spacial score (nSPS) is 10.4. The van der Waals surface area contributed by atoms with Gasteiger partial charge >= 0.3 is 0 Å². The van der Waals surface area contributed by atoms with Gasteiger partial charge in [-0.15, -0.1) is 0 Å². The molecular weight excluding hydrogens is 208 g/mol. The van der Waals surface area contributed by atoms with Crippen LogP contribution in [0.25, 0.3) is 11.0 Å². The summed E-state index contributed by atoms with van der Waals surface area (Å²) in [5.74, 6) is 0.987. The summed E-state index contributed by atoms with van der Waals surface area (Å²) in [6, 6.07) is 3.39. The molecule has 0 atom stereocenters. The lowest BCUT2D eigenvalue weighted by Crippen LogP contribution is -1.99. The lowest BCUT2D eigenvalue weighted by atomic mass is 10.1. The molecule has 0 bridgehead atoms. The second kappa shape index (κ2) is 3.89. The van der Waals surface area contributed by atoms with Crippen molar-refractivity contribution in [2.75, 3.05) is 14.2 Å². The van der Waals surface area contributed by atoms with Gasteiger partial charge in [0.2, 0.25) is 0 Å². The van der Waals surface area contributed by atoms with Crippen LogP contribution in [0.4, 0.5) is 0 Å². The van der Waals surface area contributed by atoms with E-state index in [9.17, 15) is 4.79 Å². The van der Waals surface area contributed by atoms with Crippen molar-refractivity contribution in [2.24, 2.45) is 0 Å². The Bertz CT molecular complexity index is 539. The highest BCUT2D eigenvalue weighted by molar-refractivity contribution is 6.04. The number of hydrogen-bond donors (Lipinski definition) is 0. The molecule has 0 unspecified atom stereocenters. The first-order valence-electron chi connectivity index (χ1n) is 4.82. The second-order valence-electron chi connectivity index (χ2n) is 3.38. The zero-order chi connectivity index (χ0) is 11.7. The fraction of sp³-hybridized carbons (Fsp3) is 0.250. The number of ether oxygens (including phenoxy) is 2. The fourth-order valence-electron chi connectivity index (χ4n) is 1.72. The molecular formula is C12H12O4. The summed E-state index contributed by atoms with van der Waals surface area (Å²) < 4.78 is 15.7. The van der Waals surface area contributed by atoms with Crippen molar-refractivity contribution in [2.45, 2.75) is 6.92 Å². The molecule has 0 saturated carbocycles. The molecule has 0 radical (unpaired) electrons. The SMILES string of the molecule is COc1c(C(C)=O)cc(OC)c2occc12. The molecule has 0 aliphatic rings. The molecule has 0 aliphatic carbocycles. The standard InChI is InChI=1S/C12H12O4/c1-7(13)9-6-10(14-2)12-8(4-5-16-12)11(9)15-3/h4-6H,1-3H3. The van der Waals surface area contributed by atoms with E-state index >= 15 is 0 Å². The maximum Gasteiger partial charge on any atom is 0.179 e. The Labute approximate surface area is 92.8 Å². The highest BCUT2D eigenvalue weighted by Crippen LogP contribution is 2.37. The van der Waals surface area contributed by atoms with Crippen LogP contribution in [0.5, 0.6) is 11.5 Å². The van der Waals surface area contributed by atoms with Crippen LogP contribution < -0.4 is 9.47 Å². The summed E-state index contributed by atoms with van der Waals surface area (Å²) in [4.78, 5) is 11.5. The van der Waals surface area contributed by atoms with Crippen LogP contribution in [-0.2, 0) is 0 Å². The van der Waals surface area contributed by atoms with Crippen LogP contribution in [0.1, 0.15) is 17.3 Å². The van der Waals surface area contributed by atoms with Crippen molar-refractivity contribution < 1.29 is 18.7 Å². The number of carbonyl (C=O) groups is 1. The molecule has 0 fully saturated rings. The van der Waals surface area contributed by atoms with Gasteiger partial charge in [0.25, 0.3) is 0 Å². The van der Waals surface area contributed by atoms with Gasteiger partial charge in [-0.1, -0.05) is 0 Å². The number of methoxy groups -OCH3 is 2. The van der Waals surface area contributed by atoms with Crippen molar-refractivity contribution in [3.63, 3.8) is 0 Å². The number of ketones is 1. The molecule has 2 rings (SSSR count). The van der Waals surface area contributed by atoms with E-state index in [1.165, 1.54) is 21.1 Å². The molecule has 1 aromatic carbocycles. The average molecular weight is 220 g/mol. The molecule has 4 nitrogen and oxygen atoms in total. The fourth-order valence-corrected chi connectivity index (χ4v) is 1.72. The van der Waals surface area contributed by atoms with Gasteiger partial charge in [0.05, 0.1) is 31.4 Å². The van der Waals surface area contributed by atoms with Gasteiger partial charge in [-0.25, -0.2) is 0 Å². The van der Waals surface area contributed by atoms with E-state index in [1.807, 2.05) is 0 Å².